The lowest BCUT2D eigenvalue weighted by atomic mass is 10.1. The van der Waals surface area contributed by atoms with Crippen molar-refractivity contribution in [3.63, 3.8) is 0 Å². The van der Waals surface area contributed by atoms with Gasteiger partial charge >= 0.3 is 6.03 Å². The third-order valence-corrected chi connectivity index (χ3v) is 6.84. The molecular weight excluding hydrogens is 390 g/mol. The first-order valence-electron chi connectivity index (χ1n) is 9.52. The second kappa shape index (κ2) is 9.28. The van der Waals surface area contributed by atoms with E-state index in [0.29, 0.717) is 25.2 Å². The van der Waals surface area contributed by atoms with Crippen LogP contribution in [0.1, 0.15) is 17.5 Å². The second-order valence-corrected chi connectivity index (χ2v) is 9.55. The standard InChI is InChI=1S/C21H27N3O4S/c1-24(19-11-12-29(26,27)15-19)14-17-3-7-18(8-4-17)23-21(25)22-13-16-5-9-20(28-2)10-6-16/h3-10,19H,11-15H2,1-2H3,(H2,22,23,25). The fourth-order valence-corrected chi connectivity index (χ4v) is 5.14. The summed E-state index contributed by atoms with van der Waals surface area (Å²) in [6, 6.07) is 14.9. The Morgan fingerprint density at radius 3 is 2.34 bits per heavy atom. The van der Waals surface area contributed by atoms with Crippen molar-refractivity contribution in [1.82, 2.24) is 10.2 Å². The van der Waals surface area contributed by atoms with Gasteiger partial charge in [-0.15, -0.1) is 0 Å². The quantitative estimate of drug-likeness (QED) is 0.723. The van der Waals surface area contributed by atoms with Crippen LogP contribution >= 0.6 is 0 Å². The number of hydrogen-bond acceptors (Lipinski definition) is 5. The van der Waals surface area contributed by atoms with Crippen LogP contribution in [0, 0.1) is 0 Å². The molecule has 3 rings (SSSR count). The van der Waals surface area contributed by atoms with Gasteiger partial charge in [-0.25, -0.2) is 13.2 Å². The molecular formula is C21H27N3O4S. The van der Waals surface area contributed by atoms with Crippen molar-refractivity contribution in [1.29, 1.82) is 0 Å². The molecule has 1 aliphatic heterocycles. The highest BCUT2D eigenvalue weighted by atomic mass is 32.2. The number of carbonyl (C=O) groups excluding carboxylic acids is 1. The lowest BCUT2D eigenvalue weighted by Crippen LogP contribution is -2.32. The summed E-state index contributed by atoms with van der Waals surface area (Å²) in [5.41, 5.74) is 2.75. The molecule has 1 heterocycles. The molecule has 1 fully saturated rings. The summed E-state index contributed by atoms with van der Waals surface area (Å²) >= 11 is 0. The van der Waals surface area contributed by atoms with Crippen LogP contribution in [0.5, 0.6) is 5.75 Å². The minimum atomic E-state index is -2.88. The van der Waals surface area contributed by atoms with Gasteiger partial charge in [0.25, 0.3) is 0 Å². The number of nitrogens with zero attached hydrogens (tertiary/aromatic N) is 1. The number of benzene rings is 2. The topological polar surface area (TPSA) is 87.7 Å². The van der Waals surface area contributed by atoms with E-state index < -0.39 is 9.84 Å². The molecule has 1 aliphatic rings. The summed E-state index contributed by atoms with van der Waals surface area (Å²) in [7, 11) is 0.678. The van der Waals surface area contributed by atoms with Crippen LogP contribution in [0.3, 0.4) is 0 Å². The van der Waals surface area contributed by atoms with Gasteiger partial charge in [0.1, 0.15) is 5.75 Å². The molecule has 1 saturated heterocycles. The van der Waals surface area contributed by atoms with Gasteiger partial charge in [-0.1, -0.05) is 24.3 Å². The highest BCUT2D eigenvalue weighted by Crippen LogP contribution is 2.19. The summed E-state index contributed by atoms with van der Waals surface area (Å²) in [5.74, 6) is 1.28. The fraction of sp³-hybridized carbons (Fsp3) is 0.381. The largest absolute Gasteiger partial charge is 0.497 e. The lowest BCUT2D eigenvalue weighted by molar-refractivity contribution is 0.251. The van der Waals surface area contributed by atoms with Gasteiger partial charge in [0.2, 0.25) is 0 Å². The van der Waals surface area contributed by atoms with Crippen molar-refractivity contribution in [2.45, 2.75) is 25.6 Å². The predicted molar refractivity (Wildman–Crippen MR) is 114 cm³/mol. The highest BCUT2D eigenvalue weighted by Gasteiger charge is 2.30. The van der Waals surface area contributed by atoms with Crippen LogP contribution in [0.4, 0.5) is 10.5 Å². The maximum atomic E-state index is 12.1. The summed E-state index contributed by atoms with van der Waals surface area (Å²) in [4.78, 5) is 14.2. The molecule has 0 radical (unpaired) electrons. The number of ether oxygens (including phenoxy) is 1. The molecule has 2 aromatic carbocycles. The van der Waals surface area contributed by atoms with Crippen LogP contribution in [0.2, 0.25) is 0 Å². The fourth-order valence-electron chi connectivity index (χ4n) is 3.33. The number of carbonyl (C=O) groups is 1. The Bertz CT molecular complexity index is 927. The van der Waals surface area contributed by atoms with Gasteiger partial charge in [0.15, 0.2) is 9.84 Å². The molecule has 156 valence electrons. The minimum absolute atomic E-state index is 0.0709. The Morgan fingerprint density at radius 1 is 1.10 bits per heavy atom. The van der Waals surface area contributed by atoms with E-state index in [2.05, 4.69) is 15.5 Å². The number of urea groups is 1. The van der Waals surface area contributed by atoms with Crippen LogP contribution in [-0.4, -0.2) is 51.1 Å². The van der Waals surface area contributed by atoms with Gasteiger partial charge in [0.05, 0.1) is 18.6 Å². The Balaban J connectivity index is 1.46. The Hall–Kier alpha value is -2.58. The molecule has 0 spiro atoms. The third-order valence-electron chi connectivity index (χ3n) is 5.09. The average Bonchev–Trinajstić information content (AvgIpc) is 3.08. The number of nitrogens with one attached hydrogen (secondary N) is 2. The molecule has 1 atom stereocenters. The number of amides is 2. The zero-order valence-corrected chi connectivity index (χ0v) is 17.5. The summed E-state index contributed by atoms with van der Waals surface area (Å²) < 4.78 is 28.4. The maximum absolute atomic E-state index is 12.1. The lowest BCUT2D eigenvalue weighted by Gasteiger charge is -2.23. The van der Waals surface area contributed by atoms with Crippen LogP contribution < -0.4 is 15.4 Å². The molecule has 2 aromatic rings. The SMILES string of the molecule is COc1ccc(CNC(=O)Nc2ccc(CN(C)C3CCS(=O)(=O)C3)cc2)cc1. The molecule has 1 unspecified atom stereocenters. The molecule has 0 aromatic heterocycles. The summed E-state index contributed by atoms with van der Waals surface area (Å²) in [5, 5.41) is 5.63. The molecule has 2 N–H and O–H groups in total. The average molecular weight is 418 g/mol. The normalized spacial score (nSPS) is 17.8. The van der Waals surface area contributed by atoms with Gasteiger partial charge in [-0.3, -0.25) is 4.90 Å². The molecule has 8 heteroatoms. The number of hydrogen-bond donors (Lipinski definition) is 2. The first-order valence-corrected chi connectivity index (χ1v) is 11.3. The van der Waals surface area contributed by atoms with Crippen molar-refractivity contribution >= 4 is 21.6 Å². The van der Waals surface area contributed by atoms with Crippen molar-refractivity contribution in [2.24, 2.45) is 0 Å². The summed E-state index contributed by atoms with van der Waals surface area (Å²) in [6.45, 7) is 1.09. The second-order valence-electron chi connectivity index (χ2n) is 7.32. The zero-order chi connectivity index (χ0) is 20.9. The molecule has 0 aliphatic carbocycles. The van der Waals surface area contributed by atoms with Crippen molar-refractivity contribution in [2.75, 3.05) is 31.0 Å². The smallest absolute Gasteiger partial charge is 0.319 e. The van der Waals surface area contributed by atoms with E-state index in [1.807, 2.05) is 55.6 Å². The van der Waals surface area contributed by atoms with Crippen LogP contribution in [0.25, 0.3) is 0 Å². The van der Waals surface area contributed by atoms with Gasteiger partial charge in [-0.2, -0.15) is 0 Å². The van der Waals surface area contributed by atoms with E-state index >= 15 is 0 Å². The molecule has 2 amide bonds. The summed E-state index contributed by atoms with van der Waals surface area (Å²) in [6.07, 6.45) is 0.687. The zero-order valence-electron chi connectivity index (χ0n) is 16.7. The minimum Gasteiger partial charge on any atom is -0.497 e. The predicted octanol–water partition coefficient (Wildman–Crippen LogP) is 2.64. The van der Waals surface area contributed by atoms with E-state index in [-0.39, 0.29) is 23.6 Å². The van der Waals surface area contributed by atoms with E-state index in [1.54, 1.807) is 7.11 Å². The van der Waals surface area contributed by atoms with E-state index in [9.17, 15) is 13.2 Å². The number of anilines is 1. The number of methoxy groups -OCH3 is 1. The van der Waals surface area contributed by atoms with Crippen LogP contribution in [0.15, 0.2) is 48.5 Å². The Labute approximate surface area is 172 Å². The maximum Gasteiger partial charge on any atom is 0.319 e. The van der Waals surface area contributed by atoms with Gasteiger partial charge < -0.3 is 15.4 Å². The monoisotopic (exact) mass is 417 g/mol. The number of rotatable bonds is 7. The van der Waals surface area contributed by atoms with E-state index in [0.717, 1.165) is 16.9 Å². The van der Waals surface area contributed by atoms with E-state index in [4.69, 9.17) is 4.74 Å². The number of sulfone groups is 1. The van der Waals surface area contributed by atoms with Gasteiger partial charge in [-0.05, 0) is 48.9 Å². The molecule has 0 bridgehead atoms. The Kier molecular flexibility index (Phi) is 6.76. The van der Waals surface area contributed by atoms with Crippen molar-refractivity contribution in [3.05, 3.63) is 59.7 Å². The molecule has 29 heavy (non-hydrogen) atoms. The van der Waals surface area contributed by atoms with E-state index in [1.165, 1.54) is 0 Å². The van der Waals surface area contributed by atoms with Crippen molar-refractivity contribution in [3.8, 4) is 5.75 Å². The third kappa shape index (κ3) is 6.20. The molecule has 7 nitrogen and oxygen atoms in total. The first-order chi connectivity index (χ1) is 13.8. The van der Waals surface area contributed by atoms with Crippen LogP contribution in [-0.2, 0) is 22.9 Å². The van der Waals surface area contributed by atoms with Crippen molar-refractivity contribution < 1.29 is 17.9 Å². The first kappa shape index (κ1) is 21.1. The Morgan fingerprint density at radius 2 is 1.76 bits per heavy atom. The molecule has 0 saturated carbocycles. The van der Waals surface area contributed by atoms with Gasteiger partial charge in [0, 0.05) is 24.8 Å². The highest BCUT2D eigenvalue weighted by molar-refractivity contribution is 7.91.